The molecule has 0 saturated heterocycles. The number of hydrogen-bond donors (Lipinski definition) is 0. The highest BCUT2D eigenvalue weighted by Gasteiger charge is 2.10. The number of hydrogen-bond acceptors (Lipinski definition) is 0. The molecule has 5 aromatic rings. The Hall–Kier alpha value is -3.38. The fourth-order valence-corrected chi connectivity index (χ4v) is 3.67. The predicted molar refractivity (Wildman–Crippen MR) is 111 cm³/mol. The summed E-state index contributed by atoms with van der Waals surface area (Å²) in [5, 5.41) is 5.01. The van der Waals surface area contributed by atoms with Crippen molar-refractivity contribution in [1.82, 2.24) is 0 Å². The zero-order valence-corrected chi connectivity index (χ0v) is 14.3. The van der Waals surface area contributed by atoms with Crippen molar-refractivity contribution >= 4 is 21.5 Å². The van der Waals surface area contributed by atoms with Crippen molar-refractivity contribution in [2.45, 2.75) is 0 Å². The van der Waals surface area contributed by atoms with Crippen molar-refractivity contribution in [2.75, 3.05) is 0 Å². The fourth-order valence-electron chi connectivity index (χ4n) is 3.67. The standard InChI is InChI=1S/C26H17/c1-2-9-19(10-3-1)22-17-21-12-5-7-15-24(21)26(18-22)25-16-8-13-20-11-4-6-14-23(20)25/h1-17H. The molecular formula is C26H17. The first-order chi connectivity index (χ1) is 12.9. The van der Waals surface area contributed by atoms with Gasteiger partial charge < -0.3 is 0 Å². The second kappa shape index (κ2) is 6.16. The molecule has 0 aliphatic carbocycles. The van der Waals surface area contributed by atoms with Crippen molar-refractivity contribution < 1.29 is 0 Å². The Morgan fingerprint density at radius 2 is 1.15 bits per heavy atom. The van der Waals surface area contributed by atoms with Crippen LogP contribution in [0.1, 0.15) is 0 Å². The van der Waals surface area contributed by atoms with Gasteiger partial charge in [0.2, 0.25) is 0 Å². The van der Waals surface area contributed by atoms with E-state index in [-0.39, 0.29) is 0 Å². The highest BCUT2D eigenvalue weighted by molar-refractivity contribution is 6.06. The van der Waals surface area contributed by atoms with Gasteiger partial charge in [0.15, 0.2) is 0 Å². The fraction of sp³-hybridized carbons (Fsp3) is 0. The molecule has 0 unspecified atom stereocenters. The van der Waals surface area contributed by atoms with E-state index in [1.165, 1.54) is 38.2 Å². The molecule has 1 radical (unpaired) electrons. The summed E-state index contributed by atoms with van der Waals surface area (Å²) < 4.78 is 0. The molecule has 0 heterocycles. The lowest BCUT2D eigenvalue weighted by Gasteiger charge is -2.13. The normalized spacial score (nSPS) is 11.1. The molecular weight excluding hydrogens is 312 g/mol. The summed E-state index contributed by atoms with van der Waals surface area (Å²) in [7, 11) is 0. The molecule has 0 atom stereocenters. The maximum absolute atomic E-state index is 3.71. The number of benzene rings is 5. The number of rotatable bonds is 2. The van der Waals surface area contributed by atoms with Crippen LogP contribution < -0.4 is 0 Å². The third-order valence-electron chi connectivity index (χ3n) is 4.93. The summed E-state index contributed by atoms with van der Waals surface area (Å²) in [4.78, 5) is 0. The van der Waals surface area contributed by atoms with E-state index in [1.807, 2.05) is 0 Å². The smallest absolute Gasteiger partial charge is 0.000742 e. The third kappa shape index (κ3) is 2.48. The summed E-state index contributed by atoms with van der Waals surface area (Å²) in [5.74, 6) is 0. The zero-order valence-electron chi connectivity index (χ0n) is 14.3. The van der Waals surface area contributed by atoms with Crippen LogP contribution in [0.5, 0.6) is 0 Å². The largest absolute Gasteiger partial charge is 0.0622 e. The molecule has 0 amide bonds. The monoisotopic (exact) mass is 329 g/mol. The lowest BCUT2D eigenvalue weighted by Crippen LogP contribution is -1.87. The summed E-state index contributed by atoms with van der Waals surface area (Å²) in [6.45, 7) is 0. The minimum Gasteiger partial charge on any atom is -0.0622 e. The molecule has 0 aliphatic rings. The van der Waals surface area contributed by atoms with Gasteiger partial charge in [0.1, 0.15) is 0 Å². The molecule has 0 fully saturated rings. The Balaban J connectivity index is 1.87. The lowest BCUT2D eigenvalue weighted by molar-refractivity contribution is 1.62. The molecule has 0 nitrogen and oxygen atoms in total. The highest BCUT2D eigenvalue weighted by atomic mass is 14.1. The molecule has 0 bridgehead atoms. The Kier molecular flexibility index (Phi) is 3.54. The first kappa shape index (κ1) is 14.9. The summed E-state index contributed by atoms with van der Waals surface area (Å²) in [5.41, 5.74) is 4.72. The SMILES string of the molecule is [c]1c(-c2ccccc2)cc2ccccc2c1-c1cccc2ccccc12. The van der Waals surface area contributed by atoms with Crippen LogP contribution in [-0.2, 0) is 0 Å². The summed E-state index contributed by atoms with van der Waals surface area (Å²) in [6, 6.07) is 40.1. The molecule has 26 heavy (non-hydrogen) atoms. The minimum absolute atomic E-state index is 1.13. The first-order valence-corrected chi connectivity index (χ1v) is 8.89. The first-order valence-electron chi connectivity index (χ1n) is 8.89. The van der Waals surface area contributed by atoms with Gasteiger partial charge in [-0.1, -0.05) is 97.1 Å². The molecule has 0 aromatic heterocycles. The number of fused-ring (bicyclic) bond motifs is 2. The van der Waals surface area contributed by atoms with Crippen LogP contribution in [0.2, 0.25) is 0 Å². The van der Waals surface area contributed by atoms with Crippen molar-refractivity contribution in [1.29, 1.82) is 0 Å². The maximum atomic E-state index is 3.71. The van der Waals surface area contributed by atoms with Gasteiger partial charge >= 0.3 is 0 Å². The van der Waals surface area contributed by atoms with E-state index >= 15 is 0 Å². The van der Waals surface area contributed by atoms with E-state index in [9.17, 15) is 0 Å². The molecule has 0 N–H and O–H groups in total. The van der Waals surface area contributed by atoms with Crippen molar-refractivity contribution in [3.63, 3.8) is 0 Å². The highest BCUT2D eigenvalue weighted by Crippen LogP contribution is 2.36. The van der Waals surface area contributed by atoms with Crippen LogP contribution in [-0.4, -0.2) is 0 Å². The van der Waals surface area contributed by atoms with Crippen LogP contribution in [0.25, 0.3) is 43.8 Å². The topological polar surface area (TPSA) is 0 Å². The van der Waals surface area contributed by atoms with Gasteiger partial charge in [-0.15, -0.1) is 0 Å². The molecule has 0 heteroatoms. The van der Waals surface area contributed by atoms with Gasteiger partial charge in [-0.05, 0) is 55.9 Å². The second-order valence-corrected chi connectivity index (χ2v) is 6.54. The Bertz CT molecular complexity index is 1210. The second-order valence-electron chi connectivity index (χ2n) is 6.54. The van der Waals surface area contributed by atoms with Crippen molar-refractivity contribution in [3.05, 3.63) is 109 Å². The Morgan fingerprint density at radius 1 is 0.500 bits per heavy atom. The third-order valence-corrected chi connectivity index (χ3v) is 4.93. The molecule has 5 rings (SSSR count). The minimum atomic E-state index is 1.13. The van der Waals surface area contributed by atoms with E-state index in [0.29, 0.717) is 0 Å². The average molecular weight is 329 g/mol. The summed E-state index contributed by atoms with van der Waals surface area (Å²) >= 11 is 0. The molecule has 0 aliphatic heterocycles. The average Bonchev–Trinajstić information content (AvgIpc) is 2.73. The maximum Gasteiger partial charge on any atom is -0.000742 e. The lowest BCUT2D eigenvalue weighted by atomic mass is 9.90. The molecule has 0 saturated carbocycles. The van der Waals surface area contributed by atoms with Crippen molar-refractivity contribution in [2.24, 2.45) is 0 Å². The molecule has 121 valence electrons. The molecule has 5 aromatic carbocycles. The van der Waals surface area contributed by atoms with E-state index < -0.39 is 0 Å². The van der Waals surface area contributed by atoms with E-state index in [4.69, 9.17) is 0 Å². The van der Waals surface area contributed by atoms with Crippen LogP contribution >= 0.6 is 0 Å². The van der Waals surface area contributed by atoms with Gasteiger partial charge in [0.25, 0.3) is 0 Å². The van der Waals surface area contributed by atoms with Crippen LogP contribution in [0.3, 0.4) is 0 Å². The van der Waals surface area contributed by atoms with Crippen LogP contribution in [0.15, 0.2) is 103 Å². The quantitative estimate of drug-likeness (QED) is 0.323. The Labute approximate surface area is 153 Å². The van der Waals surface area contributed by atoms with Gasteiger partial charge in [0, 0.05) is 0 Å². The van der Waals surface area contributed by atoms with E-state index in [0.717, 1.165) is 5.56 Å². The van der Waals surface area contributed by atoms with Gasteiger partial charge in [0.05, 0.1) is 0 Å². The predicted octanol–water partition coefficient (Wildman–Crippen LogP) is 7.13. The van der Waals surface area contributed by atoms with E-state index in [1.54, 1.807) is 0 Å². The Morgan fingerprint density at radius 3 is 2.00 bits per heavy atom. The van der Waals surface area contributed by atoms with Gasteiger partial charge in [-0.2, -0.15) is 0 Å². The van der Waals surface area contributed by atoms with Crippen LogP contribution in [0, 0.1) is 6.07 Å². The zero-order chi connectivity index (χ0) is 17.3. The van der Waals surface area contributed by atoms with Crippen molar-refractivity contribution in [3.8, 4) is 22.3 Å². The van der Waals surface area contributed by atoms with Gasteiger partial charge in [-0.3, -0.25) is 0 Å². The van der Waals surface area contributed by atoms with Crippen LogP contribution in [0.4, 0.5) is 0 Å². The van der Waals surface area contributed by atoms with Gasteiger partial charge in [-0.25, -0.2) is 0 Å². The summed E-state index contributed by atoms with van der Waals surface area (Å²) in [6.07, 6.45) is 0. The molecule has 0 spiro atoms. The van der Waals surface area contributed by atoms with E-state index in [2.05, 4.69) is 109 Å².